The molecule has 0 aliphatic carbocycles. The first kappa shape index (κ1) is 11.3. The first-order chi connectivity index (χ1) is 8.65. The summed E-state index contributed by atoms with van der Waals surface area (Å²) in [6.45, 7) is 1.77. The van der Waals surface area contributed by atoms with Gasteiger partial charge < -0.3 is 5.11 Å². The van der Waals surface area contributed by atoms with Gasteiger partial charge in [0.15, 0.2) is 5.69 Å². The molecule has 0 saturated carbocycles. The number of hydrogen-bond donors (Lipinski definition) is 1. The maximum atomic E-state index is 11.0. The van der Waals surface area contributed by atoms with Gasteiger partial charge in [-0.15, -0.1) is 22.7 Å². The number of aromatic carboxylic acids is 1. The van der Waals surface area contributed by atoms with Crippen LogP contribution in [-0.2, 0) is 0 Å². The van der Waals surface area contributed by atoms with Crippen LogP contribution in [0.5, 0.6) is 0 Å². The molecular formula is C12H8N2O2S2. The number of carboxylic acids is 1. The van der Waals surface area contributed by atoms with Crippen molar-refractivity contribution in [2.45, 2.75) is 6.92 Å². The molecule has 0 amide bonds. The van der Waals surface area contributed by atoms with Crippen LogP contribution in [0.25, 0.3) is 20.8 Å². The van der Waals surface area contributed by atoms with Crippen LogP contribution in [0.1, 0.15) is 15.4 Å². The van der Waals surface area contributed by atoms with Gasteiger partial charge in [0.05, 0.1) is 10.2 Å². The Balaban J connectivity index is 2.13. The molecule has 3 aromatic rings. The zero-order valence-corrected chi connectivity index (χ0v) is 11.0. The first-order valence-corrected chi connectivity index (χ1v) is 6.89. The number of aromatic nitrogens is 2. The van der Waals surface area contributed by atoms with Crippen molar-refractivity contribution in [3.8, 4) is 10.6 Å². The second-order valence-corrected chi connectivity index (χ2v) is 5.91. The van der Waals surface area contributed by atoms with Crippen LogP contribution >= 0.6 is 22.7 Å². The van der Waals surface area contributed by atoms with E-state index in [0.29, 0.717) is 9.88 Å². The Labute approximate surface area is 111 Å². The monoisotopic (exact) mass is 276 g/mol. The van der Waals surface area contributed by atoms with Crippen LogP contribution in [0.15, 0.2) is 23.7 Å². The SMILES string of the molecule is Cc1sc(-c2cnc3ccsc3c2)nc1C(=O)O. The largest absolute Gasteiger partial charge is 0.476 e. The van der Waals surface area contributed by atoms with Gasteiger partial charge in [0.1, 0.15) is 5.01 Å². The molecule has 3 rings (SSSR count). The quantitative estimate of drug-likeness (QED) is 0.779. The molecule has 0 aliphatic heterocycles. The number of fused-ring (bicyclic) bond motifs is 1. The number of nitrogens with zero attached hydrogens (tertiary/aromatic N) is 2. The van der Waals surface area contributed by atoms with Crippen LogP contribution < -0.4 is 0 Å². The van der Waals surface area contributed by atoms with Crippen molar-refractivity contribution in [1.29, 1.82) is 0 Å². The number of thiazole rings is 1. The fourth-order valence-corrected chi connectivity index (χ4v) is 3.35. The number of rotatable bonds is 2. The normalized spacial score (nSPS) is 10.9. The molecule has 0 aliphatic rings. The minimum atomic E-state index is -0.986. The fourth-order valence-electron chi connectivity index (χ4n) is 1.68. The third-order valence-corrected chi connectivity index (χ3v) is 4.42. The molecule has 6 heteroatoms. The zero-order valence-electron chi connectivity index (χ0n) is 9.38. The Hall–Kier alpha value is -1.79. The van der Waals surface area contributed by atoms with E-state index in [2.05, 4.69) is 9.97 Å². The molecule has 0 unspecified atom stereocenters. The average Bonchev–Trinajstić information content (AvgIpc) is 2.93. The van der Waals surface area contributed by atoms with Gasteiger partial charge in [0.2, 0.25) is 0 Å². The van der Waals surface area contributed by atoms with E-state index in [1.54, 1.807) is 24.5 Å². The van der Waals surface area contributed by atoms with Gasteiger partial charge in [-0.25, -0.2) is 9.78 Å². The van der Waals surface area contributed by atoms with Crippen LogP contribution in [0, 0.1) is 6.92 Å². The second kappa shape index (κ2) is 4.15. The highest BCUT2D eigenvalue weighted by Crippen LogP contribution is 2.30. The summed E-state index contributed by atoms with van der Waals surface area (Å²) in [6, 6.07) is 3.95. The molecule has 0 radical (unpaired) electrons. The fraction of sp³-hybridized carbons (Fsp3) is 0.0833. The summed E-state index contributed by atoms with van der Waals surface area (Å²) in [6.07, 6.45) is 1.74. The van der Waals surface area contributed by atoms with E-state index < -0.39 is 5.97 Å². The Morgan fingerprint density at radius 3 is 3.00 bits per heavy atom. The summed E-state index contributed by atoms with van der Waals surface area (Å²) >= 11 is 2.99. The maximum Gasteiger partial charge on any atom is 0.355 e. The van der Waals surface area contributed by atoms with E-state index in [-0.39, 0.29) is 5.69 Å². The van der Waals surface area contributed by atoms with E-state index in [4.69, 9.17) is 5.11 Å². The Kier molecular flexibility index (Phi) is 2.61. The highest BCUT2D eigenvalue weighted by Gasteiger charge is 2.15. The molecule has 0 fully saturated rings. The number of thiophene rings is 1. The van der Waals surface area contributed by atoms with Gasteiger partial charge in [0.25, 0.3) is 0 Å². The minimum absolute atomic E-state index is 0.126. The summed E-state index contributed by atoms with van der Waals surface area (Å²) in [7, 11) is 0. The Morgan fingerprint density at radius 2 is 2.28 bits per heavy atom. The van der Waals surface area contributed by atoms with E-state index in [9.17, 15) is 4.79 Å². The second-order valence-electron chi connectivity index (χ2n) is 3.76. The summed E-state index contributed by atoms with van der Waals surface area (Å²) in [4.78, 5) is 20.2. The highest BCUT2D eigenvalue weighted by molar-refractivity contribution is 7.17. The first-order valence-electron chi connectivity index (χ1n) is 5.19. The van der Waals surface area contributed by atoms with Crippen molar-refractivity contribution in [3.63, 3.8) is 0 Å². The lowest BCUT2D eigenvalue weighted by Crippen LogP contribution is -1.98. The van der Waals surface area contributed by atoms with Crippen molar-refractivity contribution < 1.29 is 9.90 Å². The van der Waals surface area contributed by atoms with E-state index in [1.807, 2.05) is 17.5 Å². The molecule has 0 aromatic carbocycles. The number of carbonyl (C=O) groups is 1. The standard InChI is InChI=1S/C12H8N2O2S2/c1-6-10(12(15)16)14-11(18-6)7-4-9-8(13-5-7)2-3-17-9/h2-5H,1H3,(H,15,16). The predicted octanol–water partition coefficient (Wildman–Crippen LogP) is 3.43. The molecule has 1 N–H and O–H groups in total. The molecule has 0 spiro atoms. The van der Waals surface area contributed by atoms with Gasteiger partial charge in [-0.1, -0.05) is 0 Å². The van der Waals surface area contributed by atoms with Gasteiger partial charge in [-0.2, -0.15) is 0 Å². The molecule has 0 bridgehead atoms. The van der Waals surface area contributed by atoms with Gasteiger partial charge in [-0.3, -0.25) is 4.98 Å². The summed E-state index contributed by atoms with van der Waals surface area (Å²) in [5.74, 6) is -0.986. The average molecular weight is 276 g/mol. The number of pyridine rings is 1. The smallest absolute Gasteiger partial charge is 0.355 e. The number of hydrogen-bond acceptors (Lipinski definition) is 5. The topological polar surface area (TPSA) is 63.1 Å². The lowest BCUT2D eigenvalue weighted by atomic mass is 10.3. The van der Waals surface area contributed by atoms with Crippen LogP contribution in [-0.4, -0.2) is 21.0 Å². The Morgan fingerprint density at radius 1 is 1.44 bits per heavy atom. The lowest BCUT2D eigenvalue weighted by molar-refractivity contribution is 0.0690. The molecule has 3 heterocycles. The Bertz CT molecular complexity index is 745. The minimum Gasteiger partial charge on any atom is -0.476 e. The summed E-state index contributed by atoms with van der Waals surface area (Å²) < 4.78 is 1.08. The summed E-state index contributed by atoms with van der Waals surface area (Å²) in [5, 5.41) is 11.7. The van der Waals surface area contributed by atoms with Crippen molar-refractivity contribution in [1.82, 2.24) is 9.97 Å². The molecule has 0 atom stereocenters. The van der Waals surface area contributed by atoms with Crippen molar-refractivity contribution in [2.75, 3.05) is 0 Å². The number of aryl methyl sites for hydroxylation is 1. The molecule has 4 nitrogen and oxygen atoms in total. The zero-order chi connectivity index (χ0) is 12.7. The van der Waals surface area contributed by atoms with Crippen LogP contribution in [0.3, 0.4) is 0 Å². The molecule has 18 heavy (non-hydrogen) atoms. The third-order valence-electron chi connectivity index (χ3n) is 2.55. The van der Waals surface area contributed by atoms with E-state index >= 15 is 0 Å². The van der Waals surface area contributed by atoms with E-state index in [1.165, 1.54) is 11.3 Å². The lowest BCUT2D eigenvalue weighted by Gasteiger charge is -1.95. The number of carboxylic acid groups (broad SMARTS) is 1. The van der Waals surface area contributed by atoms with Gasteiger partial charge in [-0.05, 0) is 24.4 Å². The molecular weight excluding hydrogens is 268 g/mol. The maximum absolute atomic E-state index is 11.0. The van der Waals surface area contributed by atoms with E-state index in [0.717, 1.165) is 15.8 Å². The highest BCUT2D eigenvalue weighted by atomic mass is 32.1. The van der Waals surface area contributed by atoms with Crippen molar-refractivity contribution in [2.24, 2.45) is 0 Å². The third kappa shape index (κ3) is 1.79. The van der Waals surface area contributed by atoms with Crippen molar-refractivity contribution >= 4 is 38.9 Å². The summed E-state index contributed by atoms with van der Waals surface area (Å²) in [5.41, 5.74) is 1.95. The molecule has 0 saturated heterocycles. The van der Waals surface area contributed by atoms with Crippen molar-refractivity contribution in [3.05, 3.63) is 34.3 Å². The predicted molar refractivity (Wildman–Crippen MR) is 72.4 cm³/mol. The van der Waals surface area contributed by atoms with Crippen LogP contribution in [0.2, 0.25) is 0 Å². The molecule has 90 valence electrons. The van der Waals surface area contributed by atoms with Gasteiger partial charge >= 0.3 is 5.97 Å². The van der Waals surface area contributed by atoms with Gasteiger partial charge in [0, 0.05) is 16.6 Å². The molecule has 3 aromatic heterocycles. The van der Waals surface area contributed by atoms with Crippen LogP contribution in [0.4, 0.5) is 0 Å².